The molecule has 0 aliphatic rings. The van der Waals surface area contributed by atoms with E-state index in [9.17, 15) is 18.8 Å². The molecule has 1 heterocycles. The Morgan fingerprint density at radius 1 is 1.21 bits per heavy atom. The van der Waals surface area contributed by atoms with E-state index < -0.39 is 23.8 Å². The minimum Gasteiger partial charge on any atom is -0.452 e. The number of carbonyl (C=O) groups is 2. The molecule has 0 saturated carbocycles. The molecule has 3 rings (SSSR count). The summed E-state index contributed by atoms with van der Waals surface area (Å²) in [4.78, 5) is 36.7. The first kappa shape index (κ1) is 20.2. The highest BCUT2D eigenvalue weighted by atomic mass is 19.1. The van der Waals surface area contributed by atoms with Crippen LogP contribution in [0.25, 0.3) is 10.8 Å². The van der Waals surface area contributed by atoms with Gasteiger partial charge in [-0.25, -0.2) is 9.07 Å². The number of rotatable bonds is 5. The monoisotopic (exact) mass is 397 g/mol. The number of nitrogens with one attached hydrogen (secondary N) is 1. The molecular weight excluding hydrogens is 377 g/mol. The third kappa shape index (κ3) is 4.48. The Bertz CT molecular complexity index is 1160. The summed E-state index contributed by atoms with van der Waals surface area (Å²) in [6, 6.07) is 11.1. The van der Waals surface area contributed by atoms with E-state index in [1.54, 1.807) is 37.3 Å². The van der Waals surface area contributed by atoms with E-state index in [0.717, 1.165) is 4.68 Å². The van der Waals surface area contributed by atoms with E-state index in [-0.39, 0.29) is 17.7 Å². The van der Waals surface area contributed by atoms with Gasteiger partial charge in [0.2, 0.25) is 0 Å². The number of esters is 1. The largest absolute Gasteiger partial charge is 0.452 e. The predicted octanol–water partition coefficient (Wildman–Crippen LogP) is 2.49. The lowest BCUT2D eigenvalue weighted by molar-refractivity contribution is -0.152. The second kappa shape index (κ2) is 8.22. The molecule has 0 aliphatic heterocycles. The lowest BCUT2D eigenvalue weighted by Gasteiger charge is -2.14. The van der Waals surface area contributed by atoms with E-state index in [2.05, 4.69) is 10.4 Å². The molecule has 8 heteroatoms. The van der Waals surface area contributed by atoms with Gasteiger partial charge in [-0.2, -0.15) is 5.10 Å². The van der Waals surface area contributed by atoms with Crippen LogP contribution >= 0.6 is 0 Å². The summed E-state index contributed by atoms with van der Waals surface area (Å²) in [6.07, 6.45) is -1.29. The fourth-order valence-corrected chi connectivity index (χ4v) is 2.85. The zero-order valence-electron chi connectivity index (χ0n) is 16.2. The molecule has 0 radical (unpaired) electrons. The van der Waals surface area contributed by atoms with Crippen molar-refractivity contribution in [1.82, 2.24) is 9.78 Å². The molecule has 0 saturated heterocycles. The number of benzene rings is 2. The molecule has 0 unspecified atom stereocenters. The molecule has 29 heavy (non-hydrogen) atoms. The van der Waals surface area contributed by atoms with Crippen LogP contribution in [-0.4, -0.2) is 27.8 Å². The minimum atomic E-state index is -1.09. The van der Waals surface area contributed by atoms with Gasteiger partial charge in [0.05, 0.1) is 17.5 Å². The Hall–Kier alpha value is -3.55. The van der Waals surface area contributed by atoms with Crippen LogP contribution in [-0.2, 0) is 27.8 Å². The standard InChI is InChI=1S/C21H20FN3O4/c1-12-8-9-14(10-17(12)22)23-20(27)13(2)29-19(26)11-18-15-6-4-5-7-16(15)21(28)25(3)24-18/h4-10,13H,11H2,1-3H3,(H,23,27)/t13-/m1/s1. The molecule has 1 atom stereocenters. The van der Waals surface area contributed by atoms with Crippen LogP contribution in [0.3, 0.4) is 0 Å². The van der Waals surface area contributed by atoms with Gasteiger partial charge >= 0.3 is 5.97 Å². The average Bonchev–Trinajstić information content (AvgIpc) is 2.68. The molecule has 3 aromatic rings. The van der Waals surface area contributed by atoms with Gasteiger partial charge in [0.1, 0.15) is 5.82 Å². The quantitative estimate of drug-likeness (QED) is 0.668. The van der Waals surface area contributed by atoms with Gasteiger partial charge in [-0.15, -0.1) is 0 Å². The molecule has 0 spiro atoms. The molecule has 0 aliphatic carbocycles. The Kier molecular flexibility index (Phi) is 5.72. The van der Waals surface area contributed by atoms with Crippen LogP contribution in [0.2, 0.25) is 0 Å². The number of aryl methyl sites for hydroxylation is 2. The van der Waals surface area contributed by atoms with E-state index in [4.69, 9.17) is 4.74 Å². The molecule has 0 bridgehead atoms. The van der Waals surface area contributed by atoms with Gasteiger partial charge in [-0.1, -0.05) is 24.3 Å². The highest BCUT2D eigenvalue weighted by Gasteiger charge is 2.20. The van der Waals surface area contributed by atoms with Crippen molar-refractivity contribution < 1.29 is 18.7 Å². The van der Waals surface area contributed by atoms with Gasteiger partial charge in [0.15, 0.2) is 6.10 Å². The Labute approximate surface area is 166 Å². The van der Waals surface area contributed by atoms with Crippen molar-refractivity contribution in [1.29, 1.82) is 0 Å². The van der Waals surface area contributed by atoms with Crippen molar-refractivity contribution >= 4 is 28.3 Å². The lowest BCUT2D eigenvalue weighted by atomic mass is 10.1. The van der Waals surface area contributed by atoms with Gasteiger partial charge < -0.3 is 10.1 Å². The van der Waals surface area contributed by atoms with Crippen LogP contribution in [0.15, 0.2) is 47.3 Å². The minimum absolute atomic E-state index is 0.203. The number of carbonyl (C=O) groups excluding carboxylic acids is 2. The highest BCUT2D eigenvalue weighted by molar-refractivity contribution is 5.95. The summed E-state index contributed by atoms with van der Waals surface area (Å²) in [5.41, 5.74) is 0.836. The third-order valence-electron chi connectivity index (χ3n) is 4.46. The summed E-state index contributed by atoms with van der Waals surface area (Å²) >= 11 is 0. The average molecular weight is 397 g/mol. The summed E-state index contributed by atoms with van der Waals surface area (Å²) in [7, 11) is 1.50. The van der Waals surface area contributed by atoms with Gasteiger partial charge in [0, 0.05) is 18.1 Å². The number of halogens is 1. The van der Waals surface area contributed by atoms with E-state index in [1.165, 1.54) is 26.1 Å². The Balaban J connectivity index is 1.70. The predicted molar refractivity (Wildman–Crippen MR) is 106 cm³/mol. The first-order chi connectivity index (χ1) is 13.8. The normalized spacial score (nSPS) is 11.9. The van der Waals surface area contributed by atoms with Crippen molar-refractivity contribution in [3.05, 3.63) is 69.9 Å². The summed E-state index contributed by atoms with van der Waals surface area (Å²) in [6.45, 7) is 3.03. The van der Waals surface area contributed by atoms with E-state index in [1.807, 2.05) is 0 Å². The van der Waals surface area contributed by atoms with Crippen LogP contribution in [0.5, 0.6) is 0 Å². The maximum atomic E-state index is 13.6. The number of aromatic nitrogens is 2. The summed E-state index contributed by atoms with van der Waals surface area (Å²) < 4.78 is 20.0. The van der Waals surface area contributed by atoms with Gasteiger partial charge in [-0.05, 0) is 37.6 Å². The number of hydrogen-bond donors (Lipinski definition) is 1. The van der Waals surface area contributed by atoms with Crippen LogP contribution in [0, 0.1) is 12.7 Å². The maximum Gasteiger partial charge on any atom is 0.312 e. The van der Waals surface area contributed by atoms with Crippen LogP contribution < -0.4 is 10.9 Å². The smallest absolute Gasteiger partial charge is 0.312 e. The highest BCUT2D eigenvalue weighted by Crippen LogP contribution is 2.16. The van der Waals surface area contributed by atoms with Crippen molar-refractivity contribution in [3.63, 3.8) is 0 Å². The second-order valence-electron chi connectivity index (χ2n) is 6.68. The van der Waals surface area contributed by atoms with Crippen molar-refractivity contribution in [3.8, 4) is 0 Å². The molecule has 150 valence electrons. The van der Waals surface area contributed by atoms with Gasteiger partial charge in [-0.3, -0.25) is 14.4 Å². The lowest BCUT2D eigenvalue weighted by Crippen LogP contribution is -2.31. The van der Waals surface area contributed by atoms with Crippen molar-refractivity contribution in [2.45, 2.75) is 26.4 Å². The Morgan fingerprint density at radius 3 is 2.59 bits per heavy atom. The number of fused-ring (bicyclic) bond motifs is 1. The third-order valence-corrected chi connectivity index (χ3v) is 4.46. The van der Waals surface area contributed by atoms with Crippen LogP contribution in [0.4, 0.5) is 10.1 Å². The van der Waals surface area contributed by atoms with Crippen molar-refractivity contribution in [2.75, 3.05) is 5.32 Å². The van der Waals surface area contributed by atoms with Crippen LogP contribution in [0.1, 0.15) is 18.2 Å². The number of nitrogens with zero attached hydrogens (tertiary/aromatic N) is 2. The molecule has 7 nitrogen and oxygen atoms in total. The first-order valence-electron chi connectivity index (χ1n) is 8.97. The van der Waals surface area contributed by atoms with Crippen molar-refractivity contribution in [2.24, 2.45) is 7.05 Å². The maximum absolute atomic E-state index is 13.6. The summed E-state index contributed by atoms with van der Waals surface area (Å²) in [5.74, 6) is -1.70. The summed E-state index contributed by atoms with van der Waals surface area (Å²) in [5, 5.41) is 7.65. The zero-order valence-corrected chi connectivity index (χ0v) is 16.2. The molecular formula is C21H20FN3O4. The number of ether oxygens (including phenoxy) is 1. The fourth-order valence-electron chi connectivity index (χ4n) is 2.85. The first-order valence-corrected chi connectivity index (χ1v) is 8.97. The molecule has 0 fully saturated rings. The number of hydrogen-bond acceptors (Lipinski definition) is 5. The SMILES string of the molecule is Cc1ccc(NC(=O)[C@@H](C)OC(=O)Cc2nn(C)c(=O)c3ccccc23)cc1F. The van der Waals surface area contributed by atoms with E-state index >= 15 is 0 Å². The molecule has 1 N–H and O–H groups in total. The second-order valence-corrected chi connectivity index (χ2v) is 6.68. The van der Waals surface area contributed by atoms with E-state index in [0.29, 0.717) is 22.0 Å². The Morgan fingerprint density at radius 2 is 1.90 bits per heavy atom. The zero-order chi connectivity index (χ0) is 21.1. The molecule has 1 amide bonds. The number of anilines is 1. The topological polar surface area (TPSA) is 90.3 Å². The van der Waals surface area contributed by atoms with Gasteiger partial charge in [0.25, 0.3) is 11.5 Å². The molecule has 1 aromatic heterocycles. The number of amides is 1. The molecule has 2 aromatic carbocycles. The fraction of sp³-hybridized carbons (Fsp3) is 0.238.